The van der Waals surface area contributed by atoms with Crippen molar-refractivity contribution in [1.29, 1.82) is 0 Å². The van der Waals surface area contributed by atoms with Crippen molar-refractivity contribution >= 4 is 54.6 Å². The second kappa shape index (κ2) is 8.51. The van der Waals surface area contributed by atoms with E-state index in [-0.39, 0.29) is 17.0 Å². The zero-order valence-corrected chi connectivity index (χ0v) is 22.6. The Balaban J connectivity index is 1.43. The number of carbonyl (C=O) groups excluding carboxylic acids is 1. The van der Waals surface area contributed by atoms with E-state index in [2.05, 4.69) is 74.7 Å². The molecular formula is C30H29N3OS2. The molecule has 6 heteroatoms. The molecule has 0 saturated carbocycles. The molecule has 5 aromatic rings. The Morgan fingerprint density at radius 3 is 2.56 bits per heavy atom. The molecular weight excluding hydrogens is 482 g/mol. The third kappa shape index (κ3) is 4.13. The summed E-state index contributed by atoms with van der Waals surface area (Å²) in [5.41, 5.74) is 4.16. The first-order valence-corrected chi connectivity index (χ1v) is 13.9. The predicted molar refractivity (Wildman–Crippen MR) is 153 cm³/mol. The summed E-state index contributed by atoms with van der Waals surface area (Å²) in [5, 5.41) is 11.3. The number of para-hydroxylation sites is 1. The molecule has 2 aromatic heterocycles. The lowest BCUT2D eigenvalue weighted by Crippen LogP contribution is -2.54. The van der Waals surface area contributed by atoms with Crippen LogP contribution in [0.2, 0.25) is 0 Å². The van der Waals surface area contributed by atoms with Crippen LogP contribution in [0.15, 0.2) is 66.7 Å². The summed E-state index contributed by atoms with van der Waals surface area (Å²) in [6.07, 6.45) is 1.21. The van der Waals surface area contributed by atoms with Crippen molar-refractivity contribution in [2.45, 2.75) is 51.6 Å². The molecule has 0 unspecified atom stereocenters. The quantitative estimate of drug-likeness (QED) is 0.262. The SMILES string of the molecule is CC1(C)Cc2c(sc(NC(=O)Cc3cccc4ccccc34)c2-c2nc3ccccc3s2)C(C)(C)N1. The van der Waals surface area contributed by atoms with Gasteiger partial charge in [-0.15, -0.1) is 22.7 Å². The molecule has 182 valence electrons. The largest absolute Gasteiger partial charge is 0.317 e. The molecule has 0 spiro atoms. The number of rotatable bonds is 4. The van der Waals surface area contributed by atoms with Gasteiger partial charge in [0.15, 0.2) is 0 Å². The Bertz CT molecular complexity index is 1590. The van der Waals surface area contributed by atoms with E-state index in [4.69, 9.17) is 4.98 Å². The highest BCUT2D eigenvalue weighted by molar-refractivity contribution is 7.23. The molecule has 36 heavy (non-hydrogen) atoms. The molecule has 0 radical (unpaired) electrons. The molecule has 6 rings (SSSR count). The lowest BCUT2D eigenvalue weighted by Gasteiger charge is -2.42. The van der Waals surface area contributed by atoms with E-state index in [0.717, 1.165) is 48.5 Å². The number of nitrogens with one attached hydrogen (secondary N) is 2. The number of fused-ring (bicyclic) bond motifs is 3. The Morgan fingerprint density at radius 2 is 1.72 bits per heavy atom. The van der Waals surface area contributed by atoms with Crippen molar-refractivity contribution in [2.24, 2.45) is 0 Å². The van der Waals surface area contributed by atoms with Gasteiger partial charge in [-0.3, -0.25) is 4.79 Å². The number of thiophene rings is 1. The fourth-order valence-corrected chi connectivity index (χ4v) is 8.02. The number of amides is 1. The van der Waals surface area contributed by atoms with E-state index >= 15 is 0 Å². The van der Waals surface area contributed by atoms with Crippen LogP contribution in [0.4, 0.5) is 5.00 Å². The number of hydrogen-bond acceptors (Lipinski definition) is 5. The van der Waals surface area contributed by atoms with Crippen LogP contribution in [0.3, 0.4) is 0 Å². The summed E-state index contributed by atoms with van der Waals surface area (Å²) in [4.78, 5) is 19.7. The van der Waals surface area contributed by atoms with E-state index in [1.165, 1.54) is 10.4 Å². The van der Waals surface area contributed by atoms with E-state index in [9.17, 15) is 4.79 Å². The maximum atomic E-state index is 13.4. The van der Waals surface area contributed by atoms with Crippen LogP contribution in [-0.2, 0) is 23.2 Å². The fourth-order valence-electron chi connectivity index (χ4n) is 5.61. The molecule has 0 aliphatic carbocycles. The molecule has 1 aliphatic rings. The highest BCUT2D eigenvalue weighted by Crippen LogP contribution is 2.50. The van der Waals surface area contributed by atoms with Crippen LogP contribution in [0, 0.1) is 0 Å². The van der Waals surface area contributed by atoms with Crippen LogP contribution < -0.4 is 10.6 Å². The van der Waals surface area contributed by atoms with Crippen LogP contribution in [0.5, 0.6) is 0 Å². The van der Waals surface area contributed by atoms with E-state index in [0.29, 0.717) is 6.42 Å². The zero-order valence-electron chi connectivity index (χ0n) is 20.9. The van der Waals surface area contributed by atoms with Gasteiger partial charge < -0.3 is 10.6 Å². The average Bonchev–Trinajstić information content (AvgIpc) is 3.39. The van der Waals surface area contributed by atoms with Gasteiger partial charge in [-0.05, 0) is 68.1 Å². The third-order valence-corrected chi connectivity index (χ3v) is 9.36. The number of carbonyl (C=O) groups is 1. The van der Waals surface area contributed by atoms with Crippen LogP contribution >= 0.6 is 22.7 Å². The average molecular weight is 512 g/mol. The van der Waals surface area contributed by atoms with Gasteiger partial charge in [-0.2, -0.15) is 0 Å². The first-order chi connectivity index (χ1) is 17.2. The third-order valence-electron chi connectivity index (χ3n) is 6.84. The summed E-state index contributed by atoms with van der Waals surface area (Å²) in [6, 6.07) is 22.6. The molecule has 0 saturated heterocycles. The van der Waals surface area contributed by atoms with Crippen molar-refractivity contribution in [1.82, 2.24) is 10.3 Å². The molecule has 4 nitrogen and oxygen atoms in total. The number of thiazole rings is 1. The Labute approximate surface area is 219 Å². The molecule has 0 atom stereocenters. The number of aromatic nitrogens is 1. The first kappa shape index (κ1) is 23.3. The molecule has 3 aromatic carbocycles. The molecule has 0 fully saturated rings. The number of hydrogen-bond donors (Lipinski definition) is 2. The fraction of sp³-hybridized carbons (Fsp3) is 0.267. The van der Waals surface area contributed by atoms with Crippen LogP contribution in [-0.4, -0.2) is 16.4 Å². The first-order valence-electron chi connectivity index (χ1n) is 12.3. The summed E-state index contributed by atoms with van der Waals surface area (Å²) >= 11 is 3.39. The molecule has 3 heterocycles. The minimum atomic E-state index is -0.203. The highest BCUT2D eigenvalue weighted by Gasteiger charge is 2.41. The van der Waals surface area contributed by atoms with Crippen LogP contribution in [0.25, 0.3) is 31.6 Å². The maximum absolute atomic E-state index is 13.4. The lowest BCUT2D eigenvalue weighted by atomic mass is 9.81. The monoisotopic (exact) mass is 511 g/mol. The smallest absolute Gasteiger partial charge is 0.229 e. The second-order valence-corrected chi connectivity index (χ2v) is 12.8. The Hall–Kier alpha value is -3.06. The topological polar surface area (TPSA) is 54.0 Å². The Kier molecular flexibility index (Phi) is 5.52. The minimum absolute atomic E-state index is 0.00247. The van der Waals surface area contributed by atoms with Gasteiger partial charge in [0.05, 0.1) is 16.6 Å². The highest BCUT2D eigenvalue weighted by atomic mass is 32.1. The van der Waals surface area contributed by atoms with Gasteiger partial charge >= 0.3 is 0 Å². The van der Waals surface area contributed by atoms with Crippen LogP contribution in [0.1, 0.15) is 43.7 Å². The van der Waals surface area contributed by atoms with Crippen molar-refractivity contribution in [3.63, 3.8) is 0 Å². The van der Waals surface area contributed by atoms with Crippen molar-refractivity contribution < 1.29 is 4.79 Å². The Morgan fingerprint density at radius 1 is 0.972 bits per heavy atom. The van der Waals surface area contributed by atoms with Gasteiger partial charge in [0, 0.05) is 21.5 Å². The minimum Gasteiger partial charge on any atom is -0.317 e. The number of benzene rings is 3. The van der Waals surface area contributed by atoms with Gasteiger partial charge in [0.25, 0.3) is 0 Å². The van der Waals surface area contributed by atoms with E-state index in [1.807, 2.05) is 30.3 Å². The summed E-state index contributed by atoms with van der Waals surface area (Å²) in [7, 11) is 0. The van der Waals surface area contributed by atoms with E-state index < -0.39 is 0 Å². The summed E-state index contributed by atoms with van der Waals surface area (Å²) in [6.45, 7) is 8.95. The van der Waals surface area contributed by atoms with Gasteiger partial charge in [-0.25, -0.2) is 4.98 Å². The van der Waals surface area contributed by atoms with Gasteiger partial charge in [0.2, 0.25) is 5.91 Å². The number of anilines is 1. The predicted octanol–water partition coefficient (Wildman–Crippen LogP) is 7.52. The van der Waals surface area contributed by atoms with Gasteiger partial charge in [0.1, 0.15) is 10.0 Å². The second-order valence-electron chi connectivity index (χ2n) is 10.8. The van der Waals surface area contributed by atoms with Crippen molar-refractivity contribution in [3.05, 3.63) is 82.7 Å². The zero-order chi connectivity index (χ0) is 25.1. The van der Waals surface area contributed by atoms with Crippen molar-refractivity contribution in [2.75, 3.05) is 5.32 Å². The normalized spacial score (nSPS) is 16.2. The van der Waals surface area contributed by atoms with Crippen molar-refractivity contribution in [3.8, 4) is 10.6 Å². The lowest BCUT2D eigenvalue weighted by molar-refractivity contribution is -0.115. The van der Waals surface area contributed by atoms with E-state index in [1.54, 1.807) is 22.7 Å². The standard InChI is InChI=1S/C30H29N3OS2/c1-29(2)17-21-25(27-31-22-14-7-8-15-23(22)35-27)28(36-26(21)30(3,4)33-29)32-24(34)16-19-12-9-11-18-10-5-6-13-20(18)19/h5-15,33H,16-17H2,1-4H3,(H,32,34). The molecule has 2 N–H and O–H groups in total. The van der Waals surface area contributed by atoms with Gasteiger partial charge in [-0.1, -0.05) is 54.6 Å². The summed E-state index contributed by atoms with van der Waals surface area (Å²) in [5.74, 6) is -0.00247. The maximum Gasteiger partial charge on any atom is 0.229 e. The molecule has 1 aliphatic heterocycles. The molecule has 0 bridgehead atoms. The number of nitrogens with zero attached hydrogens (tertiary/aromatic N) is 1. The molecule has 1 amide bonds. The summed E-state index contributed by atoms with van der Waals surface area (Å²) < 4.78 is 1.16.